The first-order valence-electron chi connectivity index (χ1n) is 10.5. The minimum absolute atomic E-state index is 0.220. The van der Waals surface area contributed by atoms with Crippen LogP contribution in [-0.4, -0.2) is 36.4 Å². The van der Waals surface area contributed by atoms with Crippen molar-refractivity contribution in [3.05, 3.63) is 58.7 Å². The van der Waals surface area contributed by atoms with E-state index in [1.54, 1.807) is 4.52 Å². The summed E-state index contributed by atoms with van der Waals surface area (Å²) >= 11 is 0. The van der Waals surface area contributed by atoms with Crippen molar-refractivity contribution in [3.8, 4) is 0 Å². The van der Waals surface area contributed by atoms with E-state index in [1.165, 1.54) is 17.5 Å². The molecule has 2 aromatic heterocycles. The Hall–Kier alpha value is -2.76. The number of aromatic nitrogens is 4. The lowest BCUT2D eigenvalue weighted by atomic mass is 10.0. The molecule has 0 bridgehead atoms. The fraction of sp³-hybridized carbons (Fsp3) is 0.478. The quantitative estimate of drug-likeness (QED) is 0.611. The molecule has 1 aliphatic rings. The number of carbonyl (C=O) groups is 1. The molecule has 0 spiro atoms. The SMILES string of the molecule is Cc1nc2ncnn2c(C)c1CCC(=O)N(Cc1ccc(C(C)C)cc1)C1CC1. The van der Waals surface area contributed by atoms with Crippen LogP contribution in [0.25, 0.3) is 5.78 Å². The maximum Gasteiger partial charge on any atom is 0.252 e. The summed E-state index contributed by atoms with van der Waals surface area (Å²) in [5, 5.41) is 4.24. The van der Waals surface area contributed by atoms with Crippen LogP contribution in [0.4, 0.5) is 0 Å². The standard InChI is InChI=1S/C23H29N5O/c1-15(2)19-7-5-18(6-8-19)13-27(20-9-10-20)22(29)12-11-21-16(3)26-23-24-14-25-28(23)17(21)4/h5-8,14-15,20H,9-13H2,1-4H3. The van der Waals surface area contributed by atoms with Gasteiger partial charge in [-0.3, -0.25) is 4.79 Å². The molecule has 1 amide bonds. The first-order chi connectivity index (χ1) is 13.9. The molecule has 0 aliphatic heterocycles. The van der Waals surface area contributed by atoms with Crippen LogP contribution in [0.2, 0.25) is 0 Å². The van der Waals surface area contributed by atoms with Crippen molar-refractivity contribution < 1.29 is 4.79 Å². The van der Waals surface area contributed by atoms with Gasteiger partial charge in [-0.2, -0.15) is 10.1 Å². The minimum Gasteiger partial charge on any atom is -0.335 e. The summed E-state index contributed by atoms with van der Waals surface area (Å²) < 4.78 is 1.75. The fourth-order valence-corrected chi connectivity index (χ4v) is 3.90. The second kappa shape index (κ2) is 7.93. The fourth-order valence-electron chi connectivity index (χ4n) is 3.90. The summed E-state index contributed by atoms with van der Waals surface area (Å²) in [6, 6.07) is 9.08. The van der Waals surface area contributed by atoms with Crippen LogP contribution in [0.1, 0.15) is 67.1 Å². The van der Waals surface area contributed by atoms with Gasteiger partial charge in [0, 0.05) is 30.4 Å². The molecule has 1 saturated carbocycles. The van der Waals surface area contributed by atoms with E-state index in [-0.39, 0.29) is 5.91 Å². The van der Waals surface area contributed by atoms with Crippen molar-refractivity contribution in [2.45, 2.75) is 71.9 Å². The lowest BCUT2D eigenvalue weighted by Gasteiger charge is -2.23. The topological polar surface area (TPSA) is 63.4 Å². The predicted octanol–water partition coefficient (Wildman–Crippen LogP) is 3.99. The molecular formula is C23H29N5O. The third kappa shape index (κ3) is 4.16. The molecule has 29 heavy (non-hydrogen) atoms. The van der Waals surface area contributed by atoms with Crippen LogP contribution >= 0.6 is 0 Å². The molecule has 1 fully saturated rings. The van der Waals surface area contributed by atoms with E-state index in [0.29, 0.717) is 37.1 Å². The van der Waals surface area contributed by atoms with Crippen LogP contribution in [0, 0.1) is 13.8 Å². The largest absolute Gasteiger partial charge is 0.335 e. The molecule has 0 N–H and O–H groups in total. The molecule has 0 atom stereocenters. The van der Waals surface area contributed by atoms with Crippen molar-refractivity contribution in [1.82, 2.24) is 24.5 Å². The van der Waals surface area contributed by atoms with Crippen LogP contribution in [-0.2, 0) is 17.8 Å². The Morgan fingerprint density at radius 2 is 1.93 bits per heavy atom. The maximum atomic E-state index is 13.1. The van der Waals surface area contributed by atoms with Gasteiger partial charge in [0.25, 0.3) is 5.78 Å². The highest BCUT2D eigenvalue weighted by Gasteiger charge is 2.32. The van der Waals surface area contributed by atoms with E-state index in [2.05, 4.69) is 58.1 Å². The Kier molecular flexibility index (Phi) is 5.35. The predicted molar refractivity (Wildman–Crippen MR) is 113 cm³/mol. The number of nitrogens with zero attached hydrogens (tertiary/aromatic N) is 5. The van der Waals surface area contributed by atoms with Gasteiger partial charge in [0.05, 0.1) is 0 Å². The molecule has 152 valence electrons. The van der Waals surface area contributed by atoms with E-state index >= 15 is 0 Å². The Balaban J connectivity index is 1.46. The monoisotopic (exact) mass is 391 g/mol. The smallest absolute Gasteiger partial charge is 0.252 e. The summed E-state index contributed by atoms with van der Waals surface area (Å²) in [4.78, 5) is 23.8. The Morgan fingerprint density at radius 3 is 2.59 bits per heavy atom. The number of benzene rings is 1. The summed E-state index contributed by atoms with van der Waals surface area (Å²) in [5.41, 5.74) is 5.57. The van der Waals surface area contributed by atoms with E-state index in [0.717, 1.165) is 29.8 Å². The van der Waals surface area contributed by atoms with Crippen molar-refractivity contribution >= 4 is 11.7 Å². The van der Waals surface area contributed by atoms with Gasteiger partial charge in [-0.1, -0.05) is 38.1 Å². The Bertz CT molecular complexity index is 1020. The Labute approximate surface area is 172 Å². The molecule has 0 radical (unpaired) electrons. The molecule has 2 heterocycles. The van der Waals surface area contributed by atoms with Gasteiger partial charge in [0.1, 0.15) is 6.33 Å². The molecule has 0 unspecified atom stereocenters. The molecule has 6 heteroatoms. The molecule has 6 nitrogen and oxygen atoms in total. The van der Waals surface area contributed by atoms with Crippen LogP contribution in [0.3, 0.4) is 0 Å². The molecule has 1 aromatic carbocycles. The number of fused-ring (bicyclic) bond motifs is 1. The van der Waals surface area contributed by atoms with Crippen molar-refractivity contribution in [2.75, 3.05) is 0 Å². The summed E-state index contributed by atoms with van der Waals surface area (Å²) in [5.74, 6) is 1.35. The summed E-state index contributed by atoms with van der Waals surface area (Å²) in [7, 11) is 0. The van der Waals surface area contributed by atoms with Crippen molar-refractivity contribution in [3.63, 3.8) is 0 Å². The van der Waals surface area contributed by atoms with Crippen LogP contribution < -0.4 is 0 Å². The molecule has 3 aromatic rings. The number of carbonyl (C=O) groups excluding carboxylic acids is 1. The minimum atomic E-state index is 0.220. The van der Waals surface area contributed by atoms with Crippen molar-refractivity contribution in [1.29, 1.82) is 0 Å². The first kappa shape index (κ1) is 19.6. The second-order valence-corrected chi connectivity index (χ2v) is 8.38. The van der Waals surface area contributed by atoms with E-state index in [1.807, 2.05) is 13.8 Å². The average Bonchev–Trinajstić information content (AvgIpc) is 3.43. The van der Waals surface area contributed by atoms with Gasteiger partial charge in [-0.05, 0) is 55.7 Å². The van der Waals surface area contributed by atoms with E-state index < -0.39 is 0 Å². The second-order valence-electron chi connectivity index (χ2n) is 8.38. The zero-order valence-corrected chi connectivity index (χ0v) is 17.7. The molecule has 0 saturated heterocycles. The maximum absolute atomic E-state index is 13.1. The lowest BCUT2D eigenvalue weighted by molar-refractivity contribution is -0.132. The van der Waals surface area contributed by atoms with Gasteiger partial charge in [0.15, 0.2) is 0 Å². The molecule has 1 aliphatic carbocycles. The van der Waals surface area contributed by atoms with E-state index in [9.17, 15) is 4.79 Å². The number of amides is 1. The molecule has 4 rings (SSSR count). The van der Waals surface area contributed by atoms with Gasteiger partial charge >= 0.3 is 0 Å². The van der Waals surface area contributed by atoms with Gasteiger partial charge in [0.2, 0.25) is 5.91 Å². The zero-order chi connectivity index (χ0) is 20.5. The highest BCUT2D eigenvalue weighted by Crippen LogP contribution is 2.30. The Morgan fingerprint density at radius 1 is 1.21 bits per heavy atom. The lowest BCUT2D eigenvalue weighted by Crippen LogP contribution is -2.32. The first-order valence-corrected chi connectivity index (χ1v) is 10.5. The normalized spacial score (nSPS) is 14.0. The van der Waals surface area contributed by atoms with Crippen LogP contribution in [0.5, 0.6) is 0 Å². The number of rotatable bonds is 7. The average molecular weight is 392 g/mol. The summed E-state index contributed by atoms with van der Waals surface area (Å²) in [6.45, 7) is 9.09. The molecular weight excluding hydrogens is 362 g/mol. The van der Waals surface area contributed by atoms with Gasteiger partial charge in [-0.15, -0.1) is 0 Å². The number of hydrogen-bond donors (Lipinski definition) is 0. The van der Waals surface area contributed by atoms with Gasteiger partial charge in [-0.25, -0.2) is 9.50 Å². The highest BCUT2D eigenvalue weighted by atomic mass is 16.2. The van der Waals surface area contributed by atoms with Gasteiger partial charge < -0.3 is 4.90 Å². The summed E-state index contributed by atoms with van der Waals surface area (Å²) in [6.07, 6.45) is 4.91. The number of hydrogen-bond acceptors (Lipinski definition) is 4. The third-order valence-corrected chi connectivity index (χ3v) is 5.88. The van der Waals surface area contributed by atoms with Crippen molar-refractivity contribution in [2.24, 2.45) is 0 Å². The highest BCUT2D eigenvalue weighted by molar-refractivity contribution is 5.77. The van der Waals surface area contributed by atoms with Crippen LogP contribution in [0.15, 0.2) is 30.6 Å². The zero-order valence-electron chi connectivity index (χ0n) is 17.7. The number of aryl methyl sites for hydroxylation is 2. The van der Waals surface area contributed by atoms with E-state index in [4.69, 9.17) is 0 Å². The third-order valence-electron chi connectivity index (χ3n) is 5.88.